The summed E-state index contributed by atoms with van der Waals surface area (Å²) in [6.07, 6.45) is 3.04. The van der Waals surface area contributed by atoms with Gasteiger partial charge in [-0.15, -0.1) is 0 Å². The highest BCUT2D eigenvalue weighted by Gasteiger charge is 2.25. The fourth-order valence-corrected chi connectivity index (χ4v) is 2.15. The quantitative estimate of drug-likeness (QED) is 0.676. The summed E-state index contributed by atoms with van der Waals surface area (Å²) in [7, 11) is -1.19. The maximum atomic E-state index is 11.4. The lowest BCUT2D eigenvalue weighted by Crippen LogP contribution is -2.12. The van der Waals surface area contributed by atoms with Gasteiger partial charge in [0.05, 0.1) is 21.7 Å². The average Bonchev–Trinajstić information content (AvgIpc) is 2.15. The van der Waals surface area contributed by atoms with Crippen molar-refractivity contribution in [2.24, 2.45) is 0 Å². The van der Waals surface area contributed by atoms with E-state index in [0.717, 1.165) is 0 Å². The van der Waals surface area contributed by atoms with Crippen LogP contribution in [0.3, 0.4) is 0 Å². The molecular formula is C8H8N2O2S. The summed E-state index contributed by atoms with van der Waals surface area (Å²) in [5, 5.41) is 10.5. The van der Waals surface area contributed by atoms with Crippen LogP contribution >= 0.6 is 0 Å². The van der Waals surface area contributed by atoms with E-state index in [0.29, 0.717) is 11.4 Å². The van der Waals surface area contributed by atoms with Gasteiger partial charge < -0.3 is 5.11 Å². The molecule has 0 aromatic carbocycles. The standard InChI is InChI=1S/C8H8N2O2S/c1-5-7-8(10-3-2-9-7)6(11)4-13(5)12/h2-5,11H,1H3. The molecule has 1 aliphatic rings. The zero-order valence-corrected chi connectivity index (χ0v) is 7.78. The van der Waals surface area contributed by atoms with Crippen molar-refractivity contribution in [1.29, 1.82) is 0 Å². The van der Waals surface area contributed by atoms with E-state index in [1.807, 2.05) is 0 Å². The van der Waals surface area contributed by atoms with Gasteiger partial charge in [-0.05, 0) is 6.92 Å². The third-order valence-electron chi connectivity index (χ3n) is 1.93. The fourth-order valence-electron chi connectivity index (χ4n) is 1.22. The molecular weight excluding hydrogens is 188 g/mol. The SMILES string of the molecule is CC1c2nccnc2C(O)=CS1=O. The molecule has 2 rings (SSSR count). The zero-order chi connectivity index (χ0) is 9.42. The molecule has 2 unspecified atom stereocenters. The Kier molecular flexibility index (Phi) is 1.88. The number of aliphatic hydroxyl groups is 1. The Morgan fingerprint density at radius 1 is 1.46 bits per heavy atom. The summed E-state index contributed by atoms with van der Waals surface area (Å²) < 4.78 is 11.4. The van der Waals surface area contributed by atoms with E-state index < -0.39 is 10.8 Å². The number of fused-ring (bicyclic) bond motifs is 1. The van der Waals surface area contributed by atoms with Crippen LogP contribution in [0.25, 0.3) is 5.76 Å². The van der Waals surface area contributed by atoms with E-state index in [1.54, 1.807) is 6.92 Å². The second-order valence-corrected chi connectivity index (χ2v) is 4.36. The van der Waals surface area contributed by atoms with Crippen LogP contribution in [0.15, 0.2) is 17.8 Å². The molecule has 0 amide bonds. The second-order valence-electron chi connectivity index (χ2n) is 2.76. The molecule has 68 valence electrons. The molecule has 13 heavy (non-hydrogen) atoms. The number of rotatable bonds is 0. The summed E-state index contributed by atoms with van der Waals surface area (Å²) in [4.78, 5) is 8.01. The van der Waals surface area contributed by atoms with E-state index in [9.17, 15) is 9.32 Å². The van der Waals surface area contributed by atoms with E-state index in [2.05, 4.69) is 9.97 Å². The molecule has 0 bridgehead atoms. The number of hydrogen-bond acceptors (Lipinski definition) is 4. The molecule has 2 heterocycles. The first kappa shape index (κ1) is 8.37. The second kappa shape index (κ2) is 2.92. The molecule has 0 saturated carbocycles. The number of aliphatic hydroxyl groups excluding tert-OH is 1. The van der Waals surface area contributed by atoms with Gasteiger partial charge in [-0.3, -0.25) is 9.19 Å². The van der Waals surface area contributed by atoms with Crippen LogP contribution in [-0.4, -0.2) is 19.3 Å². The van der Waals surface area contributed by atoms with Crippen molar-refractivity contribution in [3.05, 3.63) is 29.2 Å². The zero-order valence-electron chi connectivity index (χ0n) is 6.97. The van der Waals surface area contributed by atoms with Crippen molar-refractivity contribution in [2.45, 2.75) is 12.2 Å². The molecule has 4 nitrogen and oxygen atoms in total. The van der Waals surface area contributed by atoms with Crippen LogP contribution in [0.1, 0.15) is 23.6 Å². The maximum Gasteiger partial charge on any atom is 0.151 e. The minimum absolute atomic E-state index is 0.0421. The Morgan fingerprint density at radius 3 is 2.92 bits per heavy atom. The van der Waals surface area contributed by atoms with Gasteiger partial charge in [0.25, 0.3) is 0 Å². The first-order valence-corrected chi connectivity index (χ1v) is 5.09. The number of aromatic nitrogens is 2. The minimum Gasteiger partial charge on any atom is -0.505 e. The van der Waals surface area contributed by atoms with Gasteiger partial charge in [-0.2, -0.15) is 0 Å². The Hall–Kier alpha value is -1.23. The highest BCUT2D eigenvalue weighted by atomic mass is 32.2. The van der Waals surface area contributed by atoms with E-state index in [1.165, 1.54) is 17.8 Å². The summed E-state index contributed by atoms with van der Waals surface area (Å²) >= 11 is 0. The Balaban J connectivity index is 2.65. The highest BCUT2D eigenvalue weighted by molar-refractivity contribution is 7.88. The molecule has 1 aromatic rings. The molecule has 1 aliphatic heterocycles. The molecule has 1 aromatic heterocycles. The number of hydrogen-bond donors (Lipinski definition) is 1. The van der Waals surface area contributed by atoms with Gasteiger partial charge in [-0.1, -0.05) is 0 Å². The van der Waals surface area contributed by atoms with Crippen molar-refractivity contribution < 1.29 is 9.32 Å². The first-order chi connectivity index (χ1) is 6.20. The smallest absolute Gasteiger partial charge is 0.151 e. The Morgan fingerprint density at radius 2 is 2.15 bits per heavy atom. The Bertz CT molecular complexity index is 403. The maximum absolute atomic E-state index is 11.4. The van der Waals surface area contributed by atoms with Crippen molar-refractivity contribution >= 4 is 16.6 Å². The van der Waals surface area contributed by atoms with Gasteiger partial charge in [0.2, 0.25) is 0 Å². The van der Waals surface area contributed by atoms with Crippen molar-refractivity contribution in [3.63, 3.8) is 0 Å². The molecule has 0 radical (unpaired) electrons. The third-order valence-corrected chi connectivity index (χ3v) is 3.31. The molecule has 0 aliphatic carbocycles. The molecule has 2 atom stereocenters. The van der Waals surface area contributed by atoms with Gasteiger partial charge in [-0.25, -0.2) is 4.98 Å². The van der Waals surface area contributed by atoms with Crippen molar-refractivity contribution in [2.75, 3.05) is 0 Å². The molecule has 5 heteroatoms. The average molecular weight is 196 g/mol. The van der Waals surface area contributed by atoms with Gasteiger partial charge in [0.15, 0.2) is 5.76 Å². The van der Waals surface area contributed by atoms with Crippen LogP contribution in [0.5, 0.6) is 0 Å². The lowest BCUT2D eigenvalue weighted by atomic mass is 10.2. The summed E-state index contributed by atoms with van der Waals surface area (Å²) in [6, 6.07) is 0. The van der Waals surface area contributed by atoms with Crippen molar-refractivity contribution in [1.82, 2.24) is 9.97 Å². The molecule has 0 saturated heterocycles. The molecule has 0 spiro atoms. The van der Waals surface area contributed by atoms with Crippen LogP contribution < -0.4 is 0 Å². The minimum atomic E-state index is -1.19. The molecule has 1 N–H and O–H groups in total. The van der Waals surface area contributed by atoms with Crippen LogP contribution in [0.4, 0.5) is 0 Å². The largest absolute Gasteiger partial charge is 0.505 e. The van der Waals surface area contributed by atoms with E-state index in [-0.39, 0.29) is 11.0 Å². The van der Waals surface area contributed by atoms with Crippen LogP contribution in [-0.2, 0) is 10.8 Å². The topological polar surface area (TPSA) is 63.1 Å². The summed E-state index contributed by atoms with van der Waals surface area (Å²) in [5.41, 5.74) is 1.04. The fraction of sp³-hybridized carbons (Fsp3) is 0.250. The normalized spacial score (nSPS) is 26.4. The van der Waals surface area contributed by atoms with Gasteiger partial charge in [0, 0.05) is 17.8 Å². The van der Waals surface area contributed by atoms with Crippen LogP contribution in [0.2, 0.25) is 0 Å². The van der Waals surface area contributed by atoms with Crippen molar-refractivity contribution in [3.8, 4) is 0 Å². The van der Waals surface area contributed by atoms with E-state index in [4.69, 9.17) is 0 Å². The monoisotopic (exact) mass is 196 g/mol. The lowest BCUT2D eigenvalue weighted by Gasteiger charge is -2.16. The summed E-state index contributed by atoms with van der Waals surface area (Å²) in [6.45, 7) is 1.80. The lowest BCUT2D eigenvalue weighted by molar-refractivity contribution is 0.506. The van der Waals surface area contributed by atoms with Gasteiger partial charge >= 0.3 is 0 Å². The highest BCUT2D eigenvalue weighted by Crippen LogP contribution is 2.29. The first-order valence-electron chi connectivity index (χ1n) is 3.81. The van der Waals surface area contributed by atoms with Gasteiger partial charge in [0.1, 0.15) is 5.69 Å². The summed E-state index contributed by atoms with van der Waals surface area (Å²) in [5.74, 6) is -0.0421. The third kappa shape index (κ3) is 1.25. The predicted molar refractivity (Wildman–Crippen MR) is 49.2 cm³/mol. The van der Waals surface area contributed by atoms with E-state index >= 15 is 0 Å². The Labute approximate surface area is 77.8 Å². The molecule has 0 fully saturated rings. The van der Waals surface area contributed by atoms with Crippen LogP contribution in [0, 0.1) is 0 Å². The number of nitrogens with zero attached hydrogens (tertiary/aromatic N) is 2. The predicted octanol–water partition coefficient (Wildman–Crippen LogP) is 1.16.